The summed E-state index contributed by atoms with van der Waals surface area (Å²) in [5, 5.41) is 4.85. The third-order valence-corrected chi connectivity index (χ3v) is 5.01. The van der Waals surface area contributed by atoms with Crippen molar-refractivity contribution in [2.75, 3.05) is 6.54 Å². The molecule has 1 fully saturated rings. The van der Waals surface area contributed by atoms with Crippen molar-refractivity contribution >= 4 is 28.2 Å². The minimum atomic E-state index is -0.565. The number of nitrogens with zero attached hydrogens (tertiary/aromatic N) is 1. The second-order valence-electron chi connectivity index (χ2n) is 5.70. The van der Waals surface area contributed by atoms with Gasteiger partial charge in [0.25, 0.3) is 5.91 Å². The Morgan fingerprint density at radius 2 is 2.13 bits per heavy atom. The lowest BCUT2D eigenvalue weighted by Crippen LogP contribution is -2.33. The monoisotopic (exact) mass is 325 g/mol. The van der Waals surface area contributed by atoms with E-state index in [2.05, 4.69) is 5.38 Å². The summed E-state index contributed by atoms with van der Waals surface area (Å²) < 4.78 is 5.30. The number of fused-ring (bicyclic) bond motifs is 1. The lowest BCUT2D eigenvalue weighted by molar-refractivity contribution is 0.0732. The molecule has 0 bridgehead atoms. The molecule has 1 atom stereocenters. The molecule has 0 unspecified atom stereocenters. The molecule has 1 amide bonds. The van der Waals surface area contributed by atoms with Crippen LogP contribution in [-0.2, 0) is 0 Å². The molecule has 3 heterocycles. The standard InChI is InChI=1S/C18H15NO3S/c20-17(19-8-3-5-15(19)13-7-9-23-11-13)14-10-12-4-1-2-6-16(12)22-18(14)21/h1-2,4,6-7,9-11,15H,3,5,8H2/t15-/m0/s1. The van der Waals surface area contributed by atoms with Crippen LogP contribution in [0.2, 0.25) is 0 Å². The first-order valence-electron chi connectivity index (χ1n) is 7.60. The maximum atomic E-state index is 12.9. The van der Waals surface area contributed by atoms with Crippen molar-refractivity contribution in [3.8, 4) is 0 Å². The molecule has 5 heteroatoms. The topological polar surface area (TPSA) is 50.5 Å². The number of carbonyl (C=O) groups excluding carboxylic acids is 1. The molecule has 0 radical (unpaired) electrons. The minimum absolute atomic E-state index is 0.0552. The van der Waals surface area contributed by atoms with Gasteiger partial charge in [-0.3, -0.25) is 4.79 Å². The van der Waals surface area contributed by atoms with E-state index in [-0.39, 0.29) is 17.5 Å². The summed E-state index contributed by atoms with van der Waals surface area (Å²) in [6, 6.07) is 11.0. The normalized spacial score (nSPS) is 17.7. The van der Waals surface area contributed by atoms with Gasteiger partial charge >= 0.3 is 5.63 Å². The van der Waals surface area contributed by atoms with Gasteiger partial charge < -0.3 is 9.32 Å². The van der Waals surface area contributed by atoms with E-state index in [4.69, 9.17) is 4.42 Å². The van der Waals surface area contributed by atoms with Crippen LogP contribution in [0.4, 0.5) is 0 Å². The van der Waals surface area contributed by atoms with Gasteiger partial charge in [0, 0.05) is 11.9 Å². The molecule has 4 rings (SSSR count). The number of benzene rings is 1. The zero-order valence-corrected chi connectivity index (χ0v) is 13.2. The molecule has 0 spiro atoms. The molecule has 116 valence electrons. The van der Waals surface area contributed by atoms with E-state index in [1.54, 1.807) is 34.4 Å². The van der Waals surface area contributed by atoms with Crippen LogP contribution in [0.1, 0.15) is 34.8 Å². The van der Waals surface area contributed by atoms with Crippen molar-refractivity contribution in [1.29, 1.82) is 0 Å². The van der Waals surface area contributed by atoms with Gasteiger partial charge in [0.15, 0.2) is 0 Å². The summed E-state index contributed by atoms with van der Waals surface area (Å²) in [4.78, 5) is 26.9. The van der Waals surface area contributed by atoms with Gasteiger partial charge in [0.05, 0.1) is 6.04 Å². The molecule has 1 aliphatic rings. The molecule has 2 aromatic heterocycles. The Kier molecular flexibility index (Phi) is 3.50. The predicted molar refractivity (Wildman–Crippen MR) is 89.8 cm³/mol. The highest BCUT2D eigenvalue weighted by Crippen LogP contribution is 2.34. The molecular weight excluding hydrogens is 310 g/mol. The predicted octanol–water partition coefficient (Wildman–Crippen LogP) is 3.83. The smallest absolute Gasteiger partial charge is 0.349 e. The molecule has 3 aromatic rings. The summed E-state index contributed by atoms with van der Waals surface area (Å²) in [5.41, 5.74) is 1.20. The second-order valence-corrected chi connectivity index (χ2v) is 6.48. The van der Waals surface area contributed by atoms with Crippen LogP contribution < -0.4 is 5.63 Å². The van der Waals surface area contributed by atoms with E-state index < -0.39 is 5.63 Å². The molecule has 4 nitrogen and oxygen atoms in total. The summed E-state index contributed by atoms with van der Waals surface area (Å²) in [6.45, 7) is 0.672. The number of para-hydroxylation sites is 1. The molecule has 0 N–H and O–H groups in total. The third kappa shape index (κ3) is 2.47. The Morgan fingerprint density at radius 3 is 2.96 bits per heavy atom. The van der Waals surface area contributed by atoms with Crippen molar-refractivity contribution in [2.45, 2.75) is 18.9 Å². The average Bonchev–Trinajstić information content (AvgIpc) is 3.24. The van der Waals surface area contributed by atoms with Gasteiger partial charge in [-0.2, -0.15) is 11.3 Å². The quantitative estimate of drug-likeness (QED) is 0.673. The minimum Gasteiger partial charge on any atom is -0.422 e. The summed E-state index contributed by atoms with van der Waals surface area (Å²) >= 11 is 1.62. The van der Waals surface area contributed by atoms with Crippen LogP contribution in [0.3, 0.4) is 0 Å². The highest BCUT2D eigenvalue weighted by molar-refractivity contribution is 7.08. The molecule has 1 aromatic carbocycles. The summed E-state index contributed by atoms with van der Waals surface area (Å²) in [7, 11) is 0. The Bertz CT molecular complexity index is 913. The average molecular weight is 325 g/mol. The lowest BCUT2D eigenvalue weighted by Gasteiger charge is -2.23. The van der Waals surface area contributed by atoms with Crippen molar-refractivity contribution in [3.05, 3.63) is 68.7 Å². The number of rotatable bonds is 2. The zero-order chi connectivity index (χ0) is 15.8. The van der Waals surface area contributed by atoms with E-state index >= 15 is 0 Å². The lowest BCUT2D eigenvalue weighted by atomic mass is 10.1. The fourth-order valence-corrected chi connectivity index (χ4v) is 3.89. The van der Waals surface area contributed by atoms with E-state index in [1.807, 2.05) is 23.6 Å². The summed E-state index contributed by atoms with van der Waals surface area (Å²) in [6.07, 6.45) is 1.88. The molecule has 0 aliphatic carbocycles. The Balaban J connectivity index is 1.74. The van der Waals surface area contributed by atoms with Gasteiger partial charge in [-0.05, 0) is 47.4 Å². The number of amides is 1. The Morgan fingerprint density at radius 1 is 1.26 bits per heavy atom. The second kappa shape index (κ2) is 5.66. The zero-order valence-electron chi connectivity index (χ0n) is 12.4. The summed E-state index contributed by atoms with van der Waals surface area (Å²) in [5.74, 6) is -0.238. The molecular formula is C18H15NO3S. The number of carbonyl (C=O) groups is 1. The first-order valence-corrected chi connectivity index (χ1v) is 8.54. The van der Waals surface area contributed by atoms with E-state index in [0.29, 0.717) is 12.1 Å². The van der Waals surface area contributed by atoms with Gasteiger partial charge in [-0.1, -0.05) is 18.2 Å². The van der Waals surface area contributed by atoms with Crippen LogP contribution in [0.5, 0.6) is 0 Å². The first-order chi connectivity index (χ1) is 11.2. The molecule has 1 saturated heterocycles. The highest BCUT2D eigenvalue weighted by Gasteiger charge is 2.32. The van der Waals surface area contributed by atoms with Crippen LogP contribution in [-0.4, -0.2) is 17.4 Å². The number of thiophene rings is 1. The van der Waals surface area contributed by atoms with Crippen LogP contribution in [0, 0.1) is 0 Å². The molecule has 1 aliphatic heterocycles. The van der Waals surface area contributed by atoms with Crippen molar-refractivity contribution in [2.24, 2.45) is 0 Å². The van der Waals surface area contributed by atoms with Crippen LogP contribution in [0.15, 0.2) is 56.4 Å². The fraction of sp³-hybridized carbons (Fsp3) is 0.222. The molecule has 0 saturated carbocycles. The number of hydrogen-bond donors (Lipinski definition) is 0. The third-order valence-electron chi connectivity index (χ3n) is 4.31. The van der Waals surface area contributed by atoms with E-state index in [1.165, 1.54) is 0 Å². The first kappa shape index (κ1) is 14.2. The van der Waals surface area contributed by atoms with Crippen molar-refractivity contribution < 1.29 is 9.21 Å². The van der Waals surface area contributed by atoms with E-state index in [0.717, 1.165) is 23.8 Å². The Hall–Kier alpha value is -2.40. The highest BCUT2D eigenvalue weighted by atomic mass is 32.1. The van der Waals surface area contributed by atoms with Gasteiger partial charge in [0.2, 0.25) is 0 Å². The van der Waals surface area contributed by atoms with Gasteiger partial charge in [-0.25, -0.2) is 4.79 Å². The number of hydrogen-bond acceptors (Lipinski definition) is 4. The maximum absolute atomic E-state index is 12.9. The fourth-order valence-electron chi connectivity index (χ4n) is 3.19. The van der Waals surface area contributed by atoms with Gasteiger partial charge in [0.1, 0.15) is 11.1 Å². The van der Waals surface area contributed by atoms with Gasteiger partial charge in [-0.15, -0.1) is 0 Å². The van der Waals surface area contributed by atoms with E-state index in [9.17, 15) is 9.59 Å². The molecule has 23 heavy (non-hydrogen) atoms. The van der Waals surface area contributed by atoms with Crippen LogP contribution in [0.25, 0.3) is 11.0 Å². The Labute approximate surface area is 137 Å². The maximum Gasteiger partial charge on any atom is 0.349 e. The largest absolute Gasteiger partial charge is 0.422 e. The van der Waals surface area contributed by atoms with Crippen molar-refractivity contribution in [1.82, 2.24) is 4.90 Å². The SMILES string of the molecule is O=C(c1cc2ccccc2oc1=O)N1CCC[C@H]1c1ccsc1. The number of likely N-dealkylation sites (tertiary alicyclic amines) is 1. The van der Waals surface area contributed by atoms with Crippen molar-refractivity contribution in [3.63, 3.8) is 0 Å². The van der Waals surface area contributed by atoms with Crippen LogP contribution >= 0.6 is 11.3 Å².